The summed E-state index contributed by atoms with van der Waals surface area (Å²) < 4.78 is 0. The van der Waals surface area contributed by atoms with E-state index in [4.69, 9.17) is 0 Å². The minimum atomic E-state index is 0. The molecule has 1 fully saturated rings. The van der Waals surface area contributed by atoms with Crippen molar-refractivity contribution in [2.75, 3.05) is 20.1 Å². The van der Waals surface area contributed by atoms with Crippen LogP contribution in [0.25, 0.3) is 0 Å². The maximum Gasteiger partial charge on any atom is 0.263 e. The van der Waals surface area contributed by atoms with Crippen LogP contribution < -0.4 is 5.32 Å². The van der Waals surface area contributed by atoms with Gasteiger partial charge >= 0.3 is 0 Å². The van der Waals surface area contributed by atoms with Crippen LogP contribution in [0.3, 0.4) is 0 Å². The molecule has 5 heteroatoms. The summed E-state index contributed by atoms with van der Waals surface area (Å²) in [6, 6.07) is 4.53. The van der Waals surface area contributed by atoms with Gasteiger partial charge in [0.05, 0.1) is 4.88 Å². The monoisotopic (exact) mass is 274 g/mol. The highest BCUT2D eigenvalue weighted by Crippen LogP contribution is 2.19. The number of thiophene rings is 1. The minimum absolute atomic E-state index is 0. The van der Waals surface area contributed by atoms with Gasteiger partial charge in [0.2, 0.25) is 0 Å². The molecule has 0 spiro atoms. The molecule has 0 aromatic carbocycles. The molecular weight excluding hydrogens is 256 g/mol. The number of carbonyl (C=O) groups is 1. The molecule has 0 radical (unpaired) electrons. The van der Waals surface area contributed by atoms with Crippen molar-refractivity contribution in [3.05, 3.63) is 21.9 Å². The second-order valence-electron chi connectivity index (χ2n) is 4.27. The first-order valence-electron chi connectivity index (χ1n) is 5.73. The topological polar surface area (TPSA) is 32.3 Å². The van der Waals surface area contributed by atoms with Gasteiger partial charge in [0.1, 0.15) is 0 Å². The Kier molecular flexibility index (Phi) is 5.43. The van der Waals surface area contributed by atoms with Gasteiger partial charge in [-0.15, -0.1) is 23.7 Å². The van der Waals surface area contributed by atoms with Gasteiger partial charge in [0.15, 0.2) is 0 Å². The lowest BCUT2D eigenvalue weighted by molar-refractivity contribution is 0.0712. The number of hydrogen-bond acceptors (Lipinski definition) is 3. The average Bonchev–Trinajstić information content (AvgIpc) is 2.75. The lowest BCUT2D eigenvalue weighted by atomic mass is 10.1. The van der Waals surface area contributed by atoms with Crippen molar-refractivity contribution >= 4 is 29.7 Å². The van der Waals surface area contributed by atoms with Crippen molar-refractivity contribution in [2.45, 2.75) is 25.8 Å². The second kappa shape index (κ2) is 6.38. The number of halogens is 1. The zero-order valence-corrected chi connectivity index (χ0v) is 11.9. The van der Waals surface area contributed by atoms with Crippen LogP contribution in [-0.4, -0.2) is 37.0 Å². The second-order valence-corrected chi connectivity index (χ2v) is 5.55. The molecule has 0 unspecified atom stereocenters. The fraction of sp³-hybridized carbons (Fsp3) is 0.583. The van der Waals surface area contributed by atoms with E-state index in [0.29, 0.717) is 6.04 Å². The van der Waals surface area contributed by atoms with E-state index in [2.05, 4.69) is 5.32 Å². The highest BCUT2D eigenvalue weighted by molar-refractivity contribution is 7.13. The van der Waals surface area contributed by atoms with Crippen LogP contribution in [0.5, 0.6) is 0 Å². The Labute approximate surface area is 113 Å². The Morgan fingerprint density at radius 2 is 2.06 bits per heavy atom. The fourth-order valence-electron chi connectivity index (χ4n) is 2.08. The number of nitrogens with zero attached hydrogens (tertiary/aromatic N) is 1. The molecule has 1 saturated heterocycles. The number of aryl methyl sites for hydroxylation is 1. The Bertz CT molecular complexity index is 372. The van der Waals surface area contributed by atoms with Gasteiger partial charge in [0, 0.05) is 24.0 Å². The smallest absolute Gasteiger partial charge is 0.263 e. The third kappa shape index (κ3) is 3.44. The van der Waals surface area contributed by atoms with Gasteiger partial charge in [-0.05, 0) is 38.9 Å². The van der Waals surface area contributed by atoms with Gasteiger partial charge in [-0.1, -0.05) is 0 Å². The molecule has 0 aliphatic carbocycles. The number of nitrogens with one attached hydrogen (secondary N) is 1. The summed E-state index contributed by atoms with van der Waals surface area (Å²) in [5.74, 6) is 0.202. The molecular formula is C12H19ClN2OS. The summed E-state index contributed by atoms with van der Waals surface area (Å²) in [6.45, 7) is 3.79. The van der Waals surface area contributed by atoms with Crippen molar-refractivity contribution in [2.24, 2.45) is 0 Å². The van der Waals surface area contributed by atoms with Crippen molar-refractivity contribution in [3.63, 3.8) is 0 Å². The van der Waals surface area contributed by atoms with E-state index < -0.39 is 0 Å². The Hall–Kier alpha value is -0.580. The maximum absolute atomic E-state index is 12.1. The van der Waals surface area contributed by atoms with Crippen molar-refractivity contribution in [3.8, 4) is 0 Å². The summed E-state index contributed by atoms with van der Waals surface area (Å²) in [5, 5.41) is 3.27. The van der Waals surface area contributed by atoms with Gasteiger partial charge in [-0.25, -0.2) is 0 Å². The van der Waals surface area contributed by atoms with E-state index in [-0.39, 0.29) is 18.3 Å². The predicted octanol–water partition coefficient (Wildman–Crippen LogP) is 2.30. The molecule has 1 aliphatic rings. The number of hydrogen-bond donors (Lipinski definition) is 1. The van der Waals surface area contributed by atoms with Crippen LogP contribution in [0.2, 0.25) is 0 Å². The standard InChI is InChI=1S/C12H18N2OS.ClH/c1-9-3-4-11(16-9)12(15)14-7-5-10(13-2)6-8-14;/h3-4,10,13H,5-8H2,1-2H3;1H. The van der Waals surface area contributed by atoms with E-state index in [1.807, 2.05) is 31.0 Å². The van der Waals surface area contributed by atoms with Gasteiger partial charge < -0.3 is 10.2 Å². The molecule has 2 heterocycles. The van der Waals surface area contributed by atoms with E-state index >= 15 is 0 Å². The first-order valence-corrected chi connectivity index (χ1v) is 6.55. The molecule has 96 valence electrons. The van der Waals surface area contributed by atoms with Crippen LogP contribution in [0.15, 0.2) is 12.1 Å². The average molecular weight is 275 g/mol. The Morgan fingerprint density at radius 1 is 1.41 bits per heavy atom. The quantitative estimate of drug-likeness (QED) is 0.898. The fourth-order valence-corrected chi connectivity index (χ4v) is 2.91. The Balaban J connectivity index is 0.00000144. The number of amides is 1. The number of likely N-dealkylation sites (tertiary alicyclic amines) is 1. The molecule has 0 saturated carbocycles. The molecule has 1 aromatic heterocycles. The van der Waals surface area contributed by atoms with Crippen molar-refractivity contribution in [1.82, 2.24) is 10.2 Å². The molecule has 1 aromatic rings. The van der Waals surface area contributed by atoms with E-state index in [1.165, 1.54) is 4.88 Å². The third-order valence-corrected chi connectivity index (χ3v) is 4.13. The predicted molar refractivity (Wildman–Crippen MR) is 74.3 cm³/mol. The lowest BCUT2D eigenvalue weighted by Gasteiger charge is -2.31. The number of carbonyl (C=O) groups excluding carboxylic acids is 1. The summed E-state index contributed by atoms with van der Waals surface area (Å²) >= 11 is 1.59. The highest BCUT2D eigenvalue weighted by atomic mass is 35.5. The number of rotatable bonds is 2. The largest absolute Gasteiger partial charge is 0.338 e. The molecule has 0 atom stereocenters. The summed E-state index contributed by atoms with van der Waals surface area (Å²) in [6.07, 6.45) is 2.12. The number of piperidine rings is 1. The summed E-state index contributed by atoms with van der Waals surface area (Å²) in [4.78, 5) is 16.2. The zero-order chi connectivity index (χ0) is 11.5. The first kappa shape index (κ1) is 14.5. The molecule has 1 aliphatic heterocycles. The van der Waals surface area contributed by atoms with Crippen LogP contribution >= 0.6 is 23.7 Å². The highest BCUT2D eigenvalue weighted by Gasteiger charge is 2.23. The van der Waals surface area contributed by atoms with Crippen LogP contribution in [0.1, 0.15) is 27.4 Å². The van der Waals surface area contributed by atoms with Gasteiger partial charge in [-0.2, -0.15) is 0 Å². The molecule has 1 N–H and O–H groups in total. The zero-order valence-electron chi connectivity index (χ0n) is 10.2. The van der Waals surface area contributed by atoms with Gasteiger partial charge in [0.25, 0.3) is 5.91 Å². The molecule has 1 amide bonds. The van der Waals surface area contributed by atoms with Crippen LogP contribution in [0, 0.1) is 6.92 Å². The van der Waals surface area contributed by atoms with E-state index in [9.17, 15) is 4.79 Å². The first-order chi connectivity index (χ1) is 7.70. The van der Waals surface area contributed by atoms with Crippen LogP contribution in [-0.2, 0) is 0 Å². The van der Waals surface area contributed by atoms with Crippen molar-refractivity contribution < 1.29 is 4.79 Å². The third-order valence-electron chi connectivity index (χ3n) is 3.14. The summed E-state index contributed by atoms with van der Waals surface area (Å²) in [5.41, 5.74) is 0. The van der Waals surface area contributed by atoms with E-state index in [1.54, 1.807) is 11.3 Å². The maximum atomic E-state index is 12.1. The van der Waals surface area contributed by atoms with Crippen LogP contribution in [0.4, 0.5) is 0 Å². The van der Waals surface area contributed by atoms with E-state index in [0.717, 1.165) is 30.8 Å². The lowest BCUT2D eigenvalue weighted by Crippen LogP contribution is -2.43. The normalized spacial score (nSPS) is 16.7. The molecule has 17 heavy (non-hydrogen) atoms. The summed E-state index contributed by atoms with van der Waals surface area (Å²) in [7, 11) is 1.99. The molecule has 3 nitrogen and oxygen atoms in total. The SMILES string of the molecule is CNC1CCN(C(=O)c2ccc(C)s2)CC1.Cl. The minimum Gasteiger partial charge on any atom is -0.338 e. The van der Waals surface area contributed by atoms with Gasteiger partial charge in [-0.3, -0.25) is 4.79 Å². The molecule has 2 rings (SSSR count). The molecule has 0 bridgehead atoms. The van der Waals surface area contributed by atoms with Crippen molar-refractivity contribution in [1.29, 1.82) is 0 Å². The Morgan fingerprint density at radius 3 is 2.53 bits per heavy atom.